The Morgan fingerprint density at radius 2 is 1.81 bits per heavy atom. The van der Waals surface area contributed by atoms with E-state index in [1.807, 2.05) is 0 Å². The zero-order chi connectivity index (χ0) is 11.9. The van der Waals surface area contributed by atoms with Crippen LogP contribution < -0.4 is 0 Å². The van der Waals surface area contributed by atoms with Crippen LogP contribution in [-0.2, 0) is 0 Å². The van der Waals surface area contributed by atoms with Crippen LogP contribution in [0.2, 0.25) is 0 Å². The van der Waals surface area contributed by atoms with Crippen molar-refractivity contribution in [2.75, 3.05) is 0 Å². The van der Waals surface area contributed by atoms with Crippen LogP contribution in [-0.4, -0.2) is 5.11 Å². The topological polar surface area (TPSA) is 33.4 Å². The highest BCUT2D eigenvalue weighted by atomic mass is 19.1. The molecule has 0 aliphatic rings. The number of halogens is 2. The Morgan fingerprint density at radius 1 is 1.19 bits per heavy atom. The molecule has 1 aromatic heterocycles. The highest BCUT2D eigenvalue weighted by molar-refractivity contribution is 5.79. The van der Waals surface area contributed by atoms with Crippen LogP contribution in [0, 0.1) is 17.6 Å². The third-order valence-corrected chi connectivity index (χ3v) is 2.52. The van der Waals surface area contributed by atoms with Gasteiger partial charge in [-0.1, -0.05) is 13.8 Å². The summed E-state index contributed by atoms with van der Waals surface area (Å²) in [4.78, 5) is 0. The number of fused-ring (bicyclic) bond motifs is 1. The molecule has 0 aliphatic heterocycles. The molecule has 2 rings (SSSR count). The van der Waals surface area contributed by atoms with Gasteiger partial charge in [-0.15, -0.1) is 0 Å². The zero-order valence-electron chi connectivity index (χ0n) is 9.00. The Kier molecular flexibility index (Phi) is 2.68. The van der Waals surface area contributed by atoms with Gasteiger partial charge in [0.15, 0.2) is 11.4 Å². The minimum atomic E-state index is -0.855. The van der Waals surface area contributed by atoms with Gasteiger partial charge in [-0.2, -0.15) is 0 Å². The first kappa shape index (κ1) is 11.1. The van der Waals surface area contributed by atoms with Crippen molar-refractivity contribution in [1.29, 1.82) is 0 Å². The Labute approximate surface area is 91.5 Å². The molecule has 0 bridgehead atoms. The third kappa shape index (κ3) is 1.69. The SMILES string of the molecule is CC(C)C(O)c1cc2c(F)ccc(F)c2o1. The van der Waals surface area contributed by atoms with E-state index >= 15 is 0 Å². The Balaban J connectivity index is 2.60. The standard InChI is InChI=1S/C12H12F2O2/c1-6(2)11(15)10-5-7-8(13)3-4-9(14)12(7)16-10/h3-6,11,15H,1-2H3. The largest absolute Gasteiger partial charge is 0.455 e. The molecular formula is C12H12F2O2. The van der Waals surface area contributed by atoms with Crippen LogP contribution in [0.25, 0.3) is 11.0 Å². The van der Waals surface area contributed by atoms with Crippen LogP contribution in [0.4, 0.5) is 8.78 Å². The molecule has 1 aromatic carbocycles. The number of aliphatic hydroxyl groups is 1. The molecule has 86 valence electrons. The average Bonchev–Trinajstić information content (AvgIpc) is 2.68. The Hall–Kier alpha value is -1.42. The number of rotatable bonds is 2. The third-order valence-electron chi connectivity index (χ3n) is 2.52. The van der Waals surface area contributed by atoms with Gasteiger partial charge >= 0.3 is 0 Å². The molecule has 4 heteroatoms. The number of aliphatic hydroxyl groups excluding tert-OH is 1. The summed E-state index contributed by atoms with van der Waals surface area (Å²) >= 11 is 0. The van der Waals surface area contributed by atoms with Crippen LogP contribution in [0.3, 0.4) is 0 Å². The van der Waals surface area contributed by atoms with E-state index in [4.69, 9.17) is 4.42 Å². The second kappa shape index (κ2) is 3.87. The fourth-order valence-electron chi connectivity index (χ4n) is 1.55. The van der Waals surface area contributed by atoms with Crippen molar-refractivity contribution in [1.82, 2.24) is 0 Å². The fourth-order valence-corrected chi connectivity index (χ4v) is 1.55. The molecule has 16 heavy (non-hydrogen) atoms. The molecular weight excluding hydrogens is 214 g/mol. The number of furan rings is 1. The van der Waals surface area contributed by atoms with Crippen molar-refractivity contribution in [3.63, 3.8) is 0 Å². The summed E-state index contributed by atoms with van der Waals surface area (Å²) in [5, 5.41) is 9.81. The van der Waals surface area contributed by atoms with Gasteiger partial charge in [0.05, 0.1) is 5.39 Å². The summed E-state index contributed by atoms with van der Waals surface area (Å²) in [6.45, 7) is 3.59. The maximum absolute atomic E-state index is 13.3. The van der Waals surface area contributed by atoms with Gasteiger partial charge in [-0.3, -0.25) is 0 Å². The first-order chi connectivity index (χ1) is 7.50. The second-order valence-electron chi connectivity index (χ2n) is 4.11. The normalized spacial score (nSPS) is 13.6. The summed E-state index contributed by atoms with van der Waals surface area (Å²) in [5.41, 5.74) is -0.144. The van der Waals surface area contributed by atoms with Crippen molar-refractivity contribution >= 4 is 11.0 Å². The monoisotopic (exact) mass is 226 g/mol. The maximum atomic E-state index is 13.3. The van der Waals surface area contributed by atoms with Gasteiger partial charge in [0.1, 0.15) is 17.7 Å². The van der Waals surface area contributed by atoms with Gasteiger partial charge < -0.3 is 9.52 Å². The highest BCUT2D eigenvalue weighted by Gasteiger charge is 2.19. The number of hydrogen-bond donors (Lipinski definition) is 1. The Morgan fingerprint density at radius 3 is 2.38 bits per heavy atom. The molecule has 0 radical (unpaired) electrons. The van der Waals surface area contributed by atoms with Crippen molar-refractivity contribution in [2.24, 2.45) is 5.92 Å². The predicted molar refractivity (Wildman–Crippen MR) is 55.9 cm³/mol. The highest BCUT2D eigenvalue weighted by Crippen LogP contribution is 2.30. The Bertz CT molecular complexity index is 478. The minimum Gasteiger partial charge on any atom is -0.455 e. The summed E-state index contributed by atoms with van der Waals surface area (Å²) in [6.07, 6.45) is -0.855. The van der Waals surface area contributed by atoms with Gasteiger partial charge in [0.25, 0.3) is 0 Å². The zero-order valence-corrected chi connectivity index (χ0v) is 9.00. The lowest BCUT2D eigenvalue weighted by molar-refractivity contribution is 0.104. The quantitative estimate of drug-likeness (QED) is 0.851. The van der Waals surface area contributed by atoms with E-state index in [-0.39, 0.29) is 22.6 Å². The van der Waals surface area contributed by atoms with Crippen molar-refractivity contribution < 1.29 is 18.3 Å². The molecule has 1 N–H and O–H groups in total. The lowest BCUT2D eigenvalue weighted by Gasteiger charge is -2.10. The van der Waals surface area contributed by atoms with Crippen LogP contribution in [0.5, 0.6) is 0 Å². The van der Waals surface area contributed by atoms with Gasteiger partial charge in [-0.05, 0) is 24.1 Å². The van der Waals surface area contributed by atoms with E-state index < -0.39 is 17.7 Å². The molecule has 0 saturated heterocycles. The summed E-state index contributed by atoms with van der Waals surface area (Å²) in [5.74, 6) is -1.07. The van der Waals surface area contributed by atoms with E-state index in [2.05, 4.69) is 0 Å². The molecule has 0 fully saturated rings. The van der Waals surface area contributed by atoms with Crippen LogP contribution >= 0.6 is 0 Å². The van der Waals surface area contributed by atoms with Crippen molar-refractivity contribution in [2.45, 2.75) is 20.0 Å². The molecule has 0 spiro atoms. The lowest BCUT2D eigenvalue weighted by atomic mass is 10.1. The van der Waals surface area contributed by atoms with E-state index in [0.717, 1.165) is 12.1 Å². The molecule has 0 aliphatic carbocycles. The van der Waals surface area contributed by atoms with Crippen molar-refractivity contribution in [3.8, 4) is 0 Å². The smallest absolute Gasteiger partial charge is 0.172 e. The number of hydrogen-bond acceptors (Lipinski definition) is 2. The average molecular weight is 226 g/mol. The first-order valence-corrected chi connectivity index (χ1v) is 5.06. The van der Waals surface area contributed by atoms with E-state index in [1.165, 1.54) is 6.07 Å². The van der Waals surface area contributed by atoms with Crippen molar-refractivity contribution in [3.05, 3.63) is 35.6 Å². The molecule has 2 nitrogen and oxygen atoms in total. The van der Waals surface area contributed by atoms with E-state index in [9.17, 15) is 13.9 Å². The van der Waals surface area contributed by atoms with Crippen LogP contribution in [0.15, 0.2) is 22.6 Å². The van der Waals surface area contributed by atoms with E-state index in [0.29, 0.717) is 0 Å². The molecule has 0 amide bonds. The molecule has 1 heterocycles. The van der Waals surface area contributed by atoms with Gasteiger partial charge in [-0.25, -0.2) is 8.78 Å². The second-order valence-corrected chi connectivity index (χ2v) is 4.11. The molecule has 1 atom stereocenters. The lowest BCUT2D eigenvalue weighted by Crippen LogP contribution is -2.03. The van der Waals surface area contributed by atoms with E-state index in [1.54, 1.807) is 13.8 Å². The summed E-state index contributed by atoms with van der Waals surface area (Å²) in [7, 11) is 0. The summed E-state index contributed by atoms with van der Waals surface area (Å²) in [6, 6.07) is 3.39. The molecule has 2 aromatic rings. The maximum Gasteiger partial charge on any atom is 0.172 e. The molecule has 1 unspecified atom stereocenters. The van der Waals surface area contributed by atoms with Gasteiger partial charge in [0, 0.05) is 0 Å². The fraction of sp³-hybridized carbons (Fsp3) is 0.333. The number of benzene rings is 1. The predicted octanol–water partition coefficient (Wildman–Crippen LogP) is 3.40. The van der Waals surface area contributed by atoms with Gasteiger partial charge in [0.2, 0.25) is 0 Å². The summed E-state index contributed by atoms with van der Waals surface area (Å²) < 4.78 is 31.8. The minimum absolute atomic E-state index is 0.0645. The van der Waals surface area contributed by atoms with Crippen LogP contribution in [0.1, 0.15) is 25.7 Å². The molecule has 0 saturated carbocycles. The first-order valence-electron chi connectivity index (χ1n) is 5.06.